The minimum Gasteiger partial charge on any atom is -0.504 e. The van der Waals surface area contributed by atoms with Crippen LogP contribution in [-0.4, -0.2) is 71.6 Å². The Morgan fingerprint density at radius 2 is 2.00 bits per heavy atom. The van der Waals surface area contributed by atoms with Gasteiger partial charge in [-0.25, -0.2) is 0 Å². The number of benzene rings is 1. The summed E-state index contributed by atoms with van der Waals surface area (Å²) in [5, 5.41) is 32.8. The van der Waals surface area contributed by atoms with E-state index in [1.165, 1.54) is 14.2 Å². The van der Waals surface area contributed by atoms with Crippen LogP contribution in [0.25, 0.3) is 0 Å². The molecule has 1 spiro atoms. The van der Waals surface area contributed by atoms with Crippen molar-refractivity contribution in [2.75, 3.05) is 27.8 Å². The summed E-state index contributed by atoms with van der Waals surface area (Å²) in [6, 6.07) is 3.67. The highest BCUT2D eigenvalue weighted by atomic mass is 16.7. The van der Waals surface area contributed by atoms with E-state index in [1.54, 1.807) is 6.07 Å². The summed E-state index contributed by atoms with van der Waals surface area (Å²) in [7, 11) is 5.06. The number of phenols is 1. The smallest absolute Gasteiger partial charge is 0.217 e. The largest absolute Gasteiger partial charge is 0.504 e. The molecule has 1 saturated carbocycles. The van der Waals surface area contributed by atoms with Crippen LogP contribution in [0, 0.1) is 0 Å². The van der Waals surface area contributed by atoms with Crippen LogP contribution in [0.4, 0.5) is 0 Å². The lowest BCUT2D eigenvalue weighted by Gasteiger charge is -2.60. The van der Waals surface area contributed by atoms with Crippen LogP contribution in [0.5, 0.6) is 11.5 Å². The fraction of sp³-hybridized carbons (Fsp3) is 0.684. The van der Waals surface area contributed by atoms with Crippen LogP contribution in [0.1, 0.15) is 36.5 Å². The Morgan fingerprint density at radius 1 is 1.23 bits per heavy atom. The second-order valence-corrected chi connectivity index (χ2v) is 8.09. The van der Waals surface area contributed by atoms with Crippen molar-refractivity contribution in [3.63, 3.8) is 0 Å². The number of hydrogen-bond donors (Lipinski definition) is 3. The Labute approximate surface area is 152 Å². The molecule has 0 amide bonds. The average Bonchev–Trinajstić information content (AvgIpc) is 3.13. The number of likely N-dealkylation sites (N-methyl/N-ethyl adjacent to an activating group) is 1. The zero-order chi connectivity index (χ0) is 18.5. The molecule has 1 aromatic carbocycles. The maximum absolute atomic E-state index is 11.1. The summed E-state index contributed by atoms with van der Waals surface area (Å²) < 4.78 is 17.6. The van der Waals surface area contributed by atoms with E-state index in [0.717, 1.165) is 24.1 Å². The Hall–Kier alpha value is -1.38. The maximum atomic E-state index is 11.1. The topological polar surface area (TPSA) is 91.6 Å². The van der Waals surface area contributed by atoms with Gasteiger partial charge in [0.25, 0.3) is 0 Å². The molecule has 2 saturated heterocycles. The SMILES string of the molecule is COc1ccc2c(c1O)C13CCN(C)C14C[C@@H]2O[C@@]4(OC)[C@@H](O)C(O)C3. The van der Waals surface area contributed by atoms with E-state index >= 15 is 0 Å². The summed E-state index contributed by atoms with van der Waals surface area (Å²) >= 11 is 0. The van der Waals surface area contributed by atoms with Crippen molar-refractivity contribution in [1.82, 2.24) is 4.90 Å². The number of rotatable bonds is 2. The summed E-state index contributed by atoms with van der Waals surface area (Å²) in [6.07, 6.45) is -0.764. The van der Waals surface area contributed by atoms with Gasteiger partial charge in [-0.1, -0.05) is 6.07 Å². The predicted molar refractivity (Wildman–Crippen MR) is 91.1 cm³/mol. The Bertz CT molecular complexity index is 786. The first-order chi connectivity index (χ1) is 12.4. The first-order valence-corrected chi connectivity index (χ1v) is 9.09. The van der Waals surface area contributed by atoms with E-state index in [1.807, 2.05) is 13.1 Å². The van der Waals surface area contributed by atoms with Crippen LogP contribution in [-0.2, 0) is 14.9 Å². The zero-order valence-corrected chi connectivity index (χ0v) is 15.2. The third-order valence-electron chi connectivity index (χ3n) is 7.53. The van der Waals surface area contributed by atoms with Gasteiger partial charge < -0.3 is 29.5 Å². The Balaban J connectivity index is 1.88. The molecule has 7 nitrogen and oxygen atoms in total. The van der Waals surface area contributed by atoms with Gasteiger partial charge in [0.2, 0.25) is 5.79 Å². The van der Waals surface area contributed by atoms with Crippen LogP contribution < -0.4 is 4.74 Å². The van der Waals surface area contributed by atoms with E-state index in [-0.39, 0.29) is 11.9 Å². The minimum absolute atomic E-state index is 0.105. The molecule has 2 heterocycles. The molecular weight excluding hydrogens is 338 g/mol. The van der Waals surface area contributed by atoms with Gasteiger partial charge in [-0.3, -0.25) is 4.90 Å². The fourth-order valence-corrected chi connectivity index (χ4v) is 6.61. The number of ether oxygens (including phenoxy) is 3. The van der Waals surface area contributed by atoms with E-state index in [4.69, 9.17) is 14.2 Å². The highest BCUT2D eigenvalue weighted by Crippen LogP contribution is 2.72. The van der Waals surface area contributed by atoms with Crippen molar-refractivity contribution in [2.24, 2.45) is 0 Å². The van der Waals surface area contributed by atoms with Gasteiger partial charge in [-0.15, -0.1) is 0 Å². The second-order valence-electron chi connectivity index (χ2n) is 8.09. The molecule has 26 heavy (non-hydrogen) atoms. The molecule has 3 fully saturated rings. The van der Waals surface area contributed by atoms with Gasteiger partial charge in [-0.05, 0) is 38.1 Å². The number of methoxy groups -OCH3 is 2. The van der Waals surface area contributed by atoms with Crippen LogP contribution in [0.2, 0.25) is 0 Å². The maximum Gasteiger partial charge on any atom is 0.217 e. The lowest BCUT2D eigenvalue weighted by atomic mass is 9.50. The van der Waals surface area contributed by atoms with Crippen molar-refractivity contribution >= 4 is 0 Å². The highest BCUT2D eigenvalue weighted by molar-refractivity contribution is 5.61. The predicted octanol–water partition coefficient (Wildman–Crippen LogP) is 0.656. The molecular formula is C19H25NO6. The molecule has 2 aliphatic heterocycles. The van der Waals surface area contributed by atoms with Gasteiger partial charge in [0, 0.05) is 24.5 Å². The summed E-state index contributed by atoms with van der Waals surface area (Å²) in [5.41, 5.74) is 0.434. The van der Waals surface area contributed by atoms with Crippen molar-refractivity contribution in [2.45, 2.75) is 54.3 Å². The summed E-state index contributed by atoms with van der Waals surface area (Å²) in [4.78, 5) is 2.19. The van der Waals surface area contributed by atoms with Gasteiger partial charge in [0.05, 0.1) is 24.9 Å². The molecule has 2 bridgehead atoms. The van der Waals surface area contributed by atoms with Gasteiger partial charge in [0.15, 0.2) is 11.5 Å². The van der Waals surface area contributed by atoms with E-state index < -0.39 is 28.9 Å². The van der Waals surface area contributed by atoms with Gasteiger partial charge in [-0.2, -0.15) is 0 Å². The molecule has 6 atom stereocenters. The normalized spacial score (nSPS) is 46.1. The molecule has 2 aliphatic carbocycles. The zero-order valence-electron chi connectivity index (χ0n) is 15.2. The van der Waals surface area contributed by atoms with Gasteiger partial charge in [0.1, 0.15) is 6.10 Å². The lowest BCUT2D eigenvalue weighted by Crippen LogP contribution is -2.77. The molecule has 4 aliphatic rings. The molecule has 3 unspecified atom stereocenters. The first kappa shape index (κ1) is 16.8. The van der Waals surface area contributed by atoms with Gasteiger partial charge >= 0.3 is 0 Å². The molecule has 0 radical (unpaired) electrons. The standard InChI is InChI=1S/C19H25NO6/c1-20-7-6-17-8-11(21)16(23)19(25-3)18(17,20)9-13(26-19)10-4-5-12(24-2)15(22)14(10)17/h4-5,11,13,16,21-23H,6-9H2,1-3H3/t11?,13-,16-,17?,18?,19-/m0/s1. The number of aliphatic hydroxyl groups excluding tert-OH is 2. The fourth-order valence-electron chi connectivity index (χ4n) is 6.61. The number of nitrogens with zero attached hydrogens (tertiary/aromatic N) is 1. The quantitative estimate of drug-likeness (QED) is 0.711. The van der Waals surface area contributed by atoms with Crippen LogP contribution in [0.15, 0.2) is 12.1 Å². The lowest BCUT2D eigenvalue weighted by molar-refractivity contribution is -0.335. The van der Waals surface area contributed by atoms with Crippen molar-refractivity contribution in [3.05, 3.63) is 23.3 Å². The number of aromatic hydroxyl groups is 1. The summed E-state index contributed by atoms with van der Waals surface area (Å²) in [5.74, 6) is -0.833. The monoisotopic (exact) mass is 363 g/mol. The average molecular weight is 363 g/mol. The second kappa shape index (κ2) is 4.91. The third kappa shape index (κ3) is 1.44. The van der Waals surface area contributed by atoms with Crippen molar-refractivity contribution in [1.29, 1.82) is 0 Å². The van der Waals surface area contributed by atoms with E-state index in [2.05, 4.69) is 4.90 Å². The molecule has 7 heteroatoms. The number of aliphatic hydroxyl groups is 2. The number of hydrogen-bond acceptors (Lipinski definition) is 7. The van der Waals surface area contributed by atoms with Crippen LogP contribution >= 0.6 is 0 Å². The Morgan fingerprint density at radius 3 is 2.69 bits per heavy atom. The van der Waals surface area contributed by atoms with Crippen molar-refractivity contribution in [3.8, 4) is 11.5 Å². The van der Waals surface area contributed by atoms with Crippen molar-refractivity contribution < 1.29 is 29.5 Å². The molecule has 5 rings (SSSR count). The number of phenolic OH excluding ortho intramolecular Hbond substituents is 1. The molecule has 1 aromatic rings. The first-order valence-electron chi connectivity index (χ1n) is 9.09. The van der Waals surface area contributed by atoms with E-state index in [9.17, 15) is 15.3 Å². The molecule has 142 valence electrons. The summed E-state index contributed by atoms with van der Waals surface area (Å²) in [6.45, 7) is 0.761. The minimum atomic E-state index is -1.35. The van der Waals surface area contributed by atoms with Crippen LogP contribution in [0.3, 0.4) is 0 Å². The Kier molecular flexibility index (Phi) is 3.17. The third-order valence-corrected chi connectivity index (χ3v) is 7.53. The number of likely N-dealkylation sites (tertiary alicyclic amines) is 1. The molecule has 0 aromatic heterocycles. The highest BCUT2D eigenvalue weighted by Gasteiger charge is 2.82. The number of fused-ring (bicyclic) bond motifs is 3. The van der Waals surface area contributed by atoms with E-state index in [0.29, 0.717) is 18.6 Å². The molecule has 3 N–H and O–H groups in total.